The first-order valence-corrected chi connectivity index (χ1v) is 10.6. The number of amides is 2. The first-order valence-electron chi connectivity index (χ1n) is 10.6. The molecule has 9 heteroatoms. The number of aromatic nitrogens is 1. The molecule has 1 N–H and O–H groups in total. The van der Waals surface area contributed by atoms with Gasteiger partial charge in [0, 0.05) is 55.9 Å². The van der Waals surface area contributed by atoms with Gasteiger partial charge in [0.15, 0.2) is 17.5 Å². The summed E-state index contributed by atoms with van der Waals surface area (Å²) >= 11 is 0. The van der Waals surface area contributed by atoms with Crippen LogP contribution in [0.2, 0.25) is 0 Å². The van der Waals surface area contributed by atoms with E-state index in [1.54, 1.807) is 24.2 Å². The summed E-state index contributed by atoms with van der Waals surface area (Å²) in [6, 6.07) is 6.03. The number of likely N-dealkylation sites (tertiary alicyclic amines) is 1. The van der Waals surface area contributed by atoms with Gasteiger partial charge in [-0.05, 0) is 36.1 Å². The Kier molecular flexibility index (Phi) is 5.13. The number of aryl methyl sites for hydroxylation is 1. The number of rotatable bonds is 4. The lowest BCUT2D eigenvalue weighted by molar-refractivity contribution is 0.216. The van der Waals surface area contributed by atoms with Crippen LogP contribution >= 0.6 is 0 Å². The van der Waals surface area contributed by atoms with E-state index in [4.69, 9.17) is 4.99 Å². The molecule has 0 spiro atoms. The Morgan fingerprint density at radius 2 is 2.03 bits per heavy atom. The lowest BCUT2D eigenvalue weighted by Crippen LogP contribution is -2.49. The van der Waals surface area contributed by atoms with Crippen molar-refractivity contribution in [3.05, 3.63) is 71.4 Å². The number of halogens is 2. The molecule has 5 rings (SSSR count). The van der Waals surface area contributed by atoms with Gasteiger partial charge in [-0.3, -0.25) is 20.1 Å². The largest absolute Gasteiger partial charge is 0.329 e. The minimum atomic E-state index is -0.920. The lowest BCUT2D eigenvalue weighted by Gasteiger charge is -2.28. The number of hydrogen-bond donors (Lipinski definition) is 1. The second kappa shape index (κ2) is 7.98. The number of carbonyl (C=O) groups is 1. The highest BCUT2D eigenvalue weighted by Gasteiger charge is 2.39. The Bertz CT molecular complexity index is 1120. The van der Waals surface area contributed by atoms with E-state index in [2.05, 4.69) is 28.2 Å². The normalized spacial score (nSPS) is 23.2. The Morgan fingerprint density at radius 1 is 1.22 bits per heavy atom. The van der Waals surface area contributed by atoms with Crippen LogP contribution in [0, 0.1) is 30.4 Å². The molecule has 166 valence electrons. The second-order valence-electron chi connectivity index (χ2n) is 8.65. The average Bonchev–Trinajstić information content (AvgIpc) is 3.35. The van der Waals surface area contributed by atoms with Crippen LogP contribution in [0.15, 0.2) is 53.7 Å². The molecule has 2 aromatic rings. The third-order valence-electron chi connectivity index (χ3n) is 6.27. The van der Waals surface area contributed by atoms with E-state index < -0.39 is 11.6 Å². The number of fused-ring (bicyclic) bond motifs is 1. The van der Waals surface area contributed by atoms with Crippen LogP contribution in [0.25, 0.3) is 0 Å². The Hall–Kier alpha value is -3.33. The lowest BCUT2D eigenvalue weighted by atomic mass is 9.96. The summed E-state index contributed by atoms with van der Waals surface area (Å²) in [6.07, 6.45) is 5.34. The van der Waals surface area contributed by atoms with Crippen molar-refractivity contribution < 1.29 is 13.6 Å². The Balaban J connectivity index is 1.36. The van der Waals surface area contributed by atoms with Crippen molar-refractivity contribution in [2.45, 2.75) is 20.4 Å². The van der Waals surface area contributed by atoms with E-state index in [1.165, 1.54) is 4.90 Å². The van der Waals surface area contributed by atoms with Crippen molar-refractivity contribution in [3.8, 4) is 0 Å². The smallest absolute Gasteiger partial charge is 0.325 e. The highest BCUT2D eigenvalue weighted by atomic mass is 19.2. The van der Waals surface area contributed by atoms with Crippen molar-refractivity contribution in [2.24, 2.45) is 16.8 Å². The van der Waals surface area contributed by atoms with Crippen LogP contribution in [0.3, 0.4) is 0 Å². The van der Waals surface area contributed by atoms with Gasteiger partial charge in [0.1, 0.15) is 12.5 Å². The minimum absolute atomic E-state index is 0.0951. The van der Waals surface area contributed by atoms with Crippen molar-refractivity contribution in [3.63, 3.8) is 0 Å². The molecule has 32 heavy (non-hydrogen) atoms. The van der Waals surface area contributed by atoms with Crippen molar-refractivity contribution in [1.29, 1.82) is 0 Å². The number of hydrogen-bond acceptors (Lipinski definition) is 5. The SMILES string of the molecule is Cc1cc(F)c(F)cc1N1C=C2N=C(C3CN(Cc4cccnc4)CC3C)NC(=O)N2C1. The zero-order valence-corrected chi connectivity index (χ0v) is 17.9. The third-order valence-corrected chi connectivity index (χ3v) is 6.27. The molecule has 3 aliphatic rings. The van der Waals surface area contributed by atoms with Crippen molar-refractivity contribution in [2.75, 3.05) is 24.7 Å². The molecular weight excluding hydrogens is 414 g/mol. The van der Waals surface area contributed by atoms with Crippen molar-refractivity contribution in [1.82, 2.24) is 20.1 Å². The first-order chi connectivity index (χ1) is 15.4. The summed E-state index contributed by atoms with van der Waals surface area (Å²) in [6.45, 7) is 6.55. The highest BCUT2D eigenvalue weighted by Crippen LogP contribution is 2.32. The monoisotopic (exact) mass is 438 g/mol. The molecule has 4 heterocycles. The molecule has 1 aromatic heterocycles. The van der Waals surface area contributed by atoms with Gasteiger partial charge in [-0.25, -0.2) is 18.6 Å². The van der Waals surface area contributed by atoms with E-state index in [9.17, 15) is 13.6 Å². The fourth-order valence-corrected chi connectivity index (χ4v) is 4.63. The molecule has 3 aliphatic heterocycles. The average molecular weight is 438 g/mol. The summed E-state index contributed by atoms with van der Waals surface area (Å²) in [5.41, 5.74) is 2.24. The van der Waals surface area contributed by atoms with Gasteiger partial charge < -0.3 is 4.90 Å². The number of nitrogens with one attached hydrogen (secondary N) is 1. The number of carbonyl (C=O) groups excluding carboxylic acids is 1. The van der Waals surface area contributed by atoms with Crippen LogP contribution in [0.1, 0.15) is 18.1 Å². The van der Waals surface area contributed by atoms with Crippen LogP contribution in [0.4, 0.5) is 19.3 Å². The van der Waals surface area contributed by atoms with E-state index in [0.29, 0.717) is 28.8 Å². The van der Waals surface area contributed by atoms with Gasteiger partial charge in [0.25, 0.3) is 0 Å². The van der Waals surface area contributed by atoms with E-state index in [1.807, 2.05) is 12.3 Å². The van der Waals surface area contributed by atoms with Gasteiger partial charge >= 0.3 is 6.03 Å². The maximum Gasteiger partial charge on any atom is 0.329 e. The molecule has 1 fully saturated rings. The maximum atomic E-state index is 13.8. The minimum Gasteiger partial charge on any atom is -0.325 e. The number of urea groups is 1. The van der Waals surface area contributed by atoms with Gasteiger partial charge in [0.2, 0.25) is 0 Å². The van der Waals surface area contributed by atoms with Gasteiger partial charge in [-0.1, -0.05) is 13.0 Å². The van der Waals surface area contributed by atoms with Crippen LogP contribution in [-0.2, 0) is 6.54 Å². The summed E-state index contributed by atoms with van der Waals surface area (Å²) in [4.78, 5) is 27.3. The van der Waals surface area contributed by atoms with E-state index in [0.717, 1.165) is 37.3 Å². The highest BCUT2D eigenvalue weighted by molar-refractivity contribution is 6.02. The van der Waals surface area contributed by atoms with Crippen LogP contribution < -0.4 is 10.2 Å². The predicted molar refractivity (Wildman–Crippen MR) is 116 cm³/mol. The summed E-state index contributed by atoms with van der Waals surface area (Å²) in [5.74, 6) is -0.231. The summed E-state index contributed by atoms with van der Waals surface area (Å²) in [5, 5.41) is 2.95. The molecule has 2 unspecified atom stereocenters. The molecule has 0 bridgehead atoms. The molecule has 0 saturated carbocycles. The number of benzene rings is 1. The van der Waals surface area contributed by atoms with Crippen LogP contribution in [0.5, 0.6) is 0 Å². The van der Waals surface area contributed by atoms with Gasteiger partial charge in [-0.15, -0.1) is 0 Å². The molecular formula is C23H24F2N6O. The van der Waals surface area contributed by atoms with Crippen LogP contribution in [-0.4, -0.2) is 46.4 Å². The topological polar surface area (TPSA) is 64.1 Å². The molecule has 7 nitrogen and oxygen atoms in total. The van der Waals surface area contributed by atoms with E-state index in [-0.39, 0.29) is 18.6 Å². The number of anilines is 1. The molecule has 0 aliphatic carbocycles. The standard InChI is InChI=1S/C23H24F2N6O/c1-14-6-18(24)19(25)7-20(14)30-12-21-27-22(28-23(32)31(21)13-30)17-11-29(9-15(17)2)10-16-4-3-5-26-8-16/h3-8,12,15,17H,9-11,13H2,1-2H3,(H,27,28,32). The fraction of sp³-hybridized carbons (Fsp3) is 0.348. The summed E-state index contributed by atoms with van der Waals surface area (Å²) in [7, 11) is 0. The maximum absolute atomic E-state index is 13.8. The summed E-state index contributed by atoms with van der Waals surface area (Å²) < 4.78 is 27.3. The second-order valence-corrected chi connectivity index (χ2v) is 8.65. The number of amidine groups is 1. The first kappa shape index (κ1) is 20.6. The Morgan fingerprint density at radius 3 is 2.81 bits per heavy atom. The molecule has 1 saturated heterocycles. The predicted octanol–water partition coefficient (Wildman–Crippen LogP) is 3.44. The van der Waals surface area contributed by atoms with E-state index >= 15 is 0 Å². The fourth-order valence-electron chi connectivity index (χ4n) is 4.63. The molecule has 2 amide bonds. The number of aliphatic imine (C=N–C) groups is 1. The quantitative estimate of drug-likeness (QED) is 0.795. The zero-order valence-electron chi connectivity index (χ0n) is 17.9. The zero-order chi connectivity index (χ0) is 22.4. The number of pyridine rings is 1. The molecule has 2 atom stereocenters. The Labute approximate surface area is 185 Å². The van der Waals surface area contributed by atoms with Crippen molar-refractivity contribution >= 4 is 17.6 Å². The number of nitrogens with zero attached hydrogens (tertiary/aromatic N) is 5. The van der Waals surface area contributed by atoms with Gasteiger partial charge in [-0.2, -0.15) is 0 Å². The molecule has 1 aromatic carbocycles. The molecule has 0 radical (unpaired) electrons. The third kappa shape index (κ3) is 3.73. The van der Waals surface area contributed by atoms with Gasteiger partial charge in [0.05, 0.1) is 0 Å².